The molecular weight excluding hydrogens is 464 g/mol. The molecule has 0 saturated heterocycles. The van der Waals surface area contributed by atoms with Crippen molar-refractivity contribution in [2.75, 3.05) is 0 Å². The molecule has 154 valence electrons. The number of fused-ring (bicyclic) bond motifs is 3. The van der Waals surface area contributed by atoms with E-state index in [1.54, 1.807) is 0 Å². The molecule has 1 aliphatic carbocycles. The normalized spacial score (nSPS) is 14.2. The SMILES string of the molecule is CC(C)(C)c1cc(Br)c2c(c1)-c1ccc(Cl)cc1C2(c1ccccc1)c1ccccc1. The molecule has 0 N–H and O–H groups in total. The molecule has 4 aromatic carbocycles. The fraction of sp³-hybridized carbons (Fsp3) is 0.172. The topological polar surface area (TPSA) is 0 Å². The highest BCUT2D eigenvalue weighted by Gasteiger charge is 2.47. The summed E-state index contributed by atoms with van der Waals surface area (Å²) in [4.78, 5) is 0. The number of halogens is 2. The maximum absolute atomic E-state index is 6.60. The van der Waals surface area contributed by atoms with Crippen molar-refractivity contribution in [3.63, 3.8) is 0 Å². The van der Waals surface area contributed by atoms with Gasteiger partial charge < -0.3 is 0 Å². The number of hydrogen-bond donors (Lipinski definition) is 0. The average molecular weight is 488 g/mol. The van der Waals surface area contributed by atoms with E-state index in [9.17, 15) is 0 Å². The van der Waals surface area contributed by atoms with Gasteiger partial charge in [-0.2, -0.15) is 0 Å². The molecule has 0 heterocycles. The van der Waals surface area contributed by atoms with Gasteiger partial charge in [0, 0.05) is 9.50 Å². The van der Waals surface area contributed by atoms with Crippen molar-refractivity contribution in [2.24, 2.45) is 0 Å². The molecule has 4 aromatic rings. The molecule has 0 bridgehead atoms. The van der Waals surface area contributed by atoms with E-state index < -0.39 is 5.41 Å². The van der Waals surface area contributed by atoms with Crippen LogP contribution in [-0.2, 0) is 10.8 Å². The van der Waals surface area contributed by atoms with Crippen LogP contribution in [0.25, 0.3) is 11.1 Å². The molecule has 0 spiro atoms. The molecule has 0 atom stereocenters. The second-order valence-corrected chi connectivity index (χ2v) is 10.6. The Kier molecular flexibility index (Phi) is 4.88. The summed E-state index contributed by atoms with van der Waals surface area (Å²) in [6.07, 6.45) is 0. The summed E-state index contributed by atoms with van der Waals surface area (Å²) in [7, 11) is 0. The first kappa shape index (κ1) is 20.5. The van der Waals surface area contributed by atoms with Gasteiger partial charge in [0.15, 0.2) is 0 Å². The zero-order valence-electron chi connectivity index (χ0n) is 17.9. The van der Waals surface area contributed by atoms with Crippen LogP contribution in [0.3, 0.4) is 0 Å². The van der Waals surface area contributed by atoms with Crippen molar-refractivity contribution in [1.29, 1.82) is 0 Å². The van der Waals surface area contributed by atoms with E-state index >= 15 is 0 Å². The van der Waals surface area contributed by atoms with Crippen LogP contribution in [0.4, 0.5) is 0 Å². The van der Waals surface area contributed by atoms with E-state index in [0.717, 1.165) is 9.50 Å². The lowest BCUT2D eigenvalue weighted by Crippen LogP contribution is -2.29. The lowest BCUT2D eigenvalue weighted by Gasteiger charge is -2.35. The summed E-state index contributed by atoms with van der Waals surface area (Å²) in [5.41, 5.74) is 8.46. The van der Waals surface area contributed by atoms with Crippen LogP contribution >= 0.6 is 27.5 Å². The van der Waals surface area contributed by atoms with E-state index in [4.69, 9.17) is 11.6 Å². The van der Waals surface area contributed by atoms with Crippen LogP contribution in [0.2, 0.25) is 5.02 Å². The minimum atomic E-state index is -0.437. The molecule has 0 unspecified atom stereocenters. The lowest BCUT2D eigenvalue weighted by molar-refractivity contribution is 0.589. The van der Waals surface area contributed by atoms with Crippen LogP contribution in [0, 0.1) is 0 Å². The van der Waals surface area contributed by atoms with Crippen LogP contribution in [0.15, 0.2) is 95.5 Å². The number of benzene rings is 4. The lowest BCUT2D eigenvalue weighted by atomic mass is 9.67. The molecule has 1 aliphatic rings. The first-order chi connectivity index (χ1) is 14.8. The quantitative estimate of drug-likeness (QED) is 0.233. The molecule has 0 aliphatic heterocycles. The highest BCUT2D eigenvalue weighted by molar-refractivity contribution is 9.10. The third-order valence-corrected chi connectivity index (χ3v) is 7.28. The van der Waals surface area contributed by atoms with Crippen LogP contribution in [0.1, 0.15) is 48.6 Å². The maximum Gasteiger partial charge on any atom is 0.0725 e. The van der Waals surface area contributed by atoms with Crippen molar-refractivity contribution in [3.05, 3.63) is 128 Å². The first-order valence-corrected chi connectivity index (χ1v) is 11.8. The second kappa shape index (κ2) is 7.36. The van der Waals surface area contributed by atoms with Crippen molar-refractivity contribution in [3.8, 4) is 11.1 Å². The zero-order chi connectivity index (χ0) is 21.8. The highest BCUT2D eigenvalue weighted by atomic mass is 79.9. The Balaban J connectivity index is 1.99. The number of rotatable bonds is 2. The van der Waals surface area contributed by atoms with E-state index in [1.165, 1.54) is 38.9 Å². The van der Waals surface area contributed by atoms with Gasteiger partial charge in [0.05, 0.1) is 5.41 Å². The molecule has 0 nitrogen and oxygen atoms in total. The van der Waals surface area contributed by atoms with Crippen molar-refractivity contribution < 1.29 is 0 Å². The molecule has 0 aromatic heterocycles. The monoisotopic (exact) mass is 486 g/mol. The molecule has 0 saturated carbocycles. The molecular formula is C29H24BrCl. The largest absolute Gasteiger partial charge is 0.0843 e. The van der Waals surface area contributed by atoms with Gasteiger partial charge in [-0.15, -0.1) is 0 Å². The minimum Gasteiger partial charge on any atom is -0.0843 e. The van der Waals surface area contributed by atoms with E-state index in [0.29, 0.717) is 0 Å². The maximum atomic E-state index is 6.60. The average Bonchev–Trinajstić information content (AvgIpc) is 3.05. The summed E-state index contributed by atoms with van der Waals surface area (Å²) < 4.78 is 1.13. The van der Waals surface area contributed by atoms with E-state index in [1.807, 2.05) is 6.07 Å². The van der Waals surface area contributed by atoms with Crippen LogP contribution < -0.4 is 0 Å². The molecule has 2 heteroatoms. The van der Waals surface area contributed by atoms with Gasteiger partial charge in [0.2, 0.25) is 0 Å². The Bertz CT molecular complexity index is 1230. The summed E-state index contributed by atoms with van der Waals surface area (Å²) >= 11 is 10.6. The predicted octanol–water partition coefficient (Wildman–Crippen LogP) is 8.76. The fourth-order valence-corrected chi connectivity index (χ4v) is 5.90. The first-order valence-electron chi connectivity index (χ1n) is 10.6. The Morgan fingerprint density at radius 1 is 0.710 bits per heavy atom. The molecule has 0 fully saturated rings. The van der Waals surface area contributed by atoms with Gasteiger partial charge in [-0.05, 0) is 62.6 Å². The minimum absolute atomic E-state index is 0.0505. The standard InChI is InChI=1S/C29H24BrCl/c1-28(2,3)21-16-24-23-15-14-22(31)18-25(23)29(27(24)26(30)17-21,19-10-6-4-7-11-19)20-12-8-5-9-13-20/h4-18H,1-3H3. The van der Waals surface area contributed by atoms with Gasteiger partial charge in [-0.3, -0.25) is 0 Å². The van der Waals surface area contributed by atoms with E-state index in [2.05, 4.69) is 122 Å². The third-order valence-electron chi connectivity index (χ3n) is 6.42. The Hall–Kier alpha value is -2.35. The summed E-state index contributed by atoms with van der Waals surface area (Å²) in [5.74, 6) is 0. The van der Waals surface area contributed by atoms with Crippen LogP contribution in [0.5, 0.6) is 0 Å². The van der Waals surface area contributed by atoms with Gasteiger partial charge >= 0.3 is 0 Å². The second-order valence-electron chi connectivity index (χ2n) is 9.30. The smallest absolute Gasteiger partial charge is 0.0725 e. The van der Waals surface area contributed by atoms with Gasteiger partial charge in [0.25, 0.3) is 0 Å². The van der Waals surface area contributed by atoms with Crippen molar-refractivity contribution >= 4 is 27.5 Å². The zero-order valence-corrected chi connectivity index (χ0v) is 20.3. The Morgan fingerprint density at radius 2 is 1.29 bits per heavy atom. The predicted molar refractivity (Wildman–Crippen MR) is 135 cm³/mol. The summed E-state index contributed by atoms with van der Waals surface area (Å²) in [6.45, 7) is 6.79. The summed E-state index contributed by atoms with van der Waals surface area (Å²) in [6, 6.07) is 32.6. The molecule has 0 amide bonds. The van der Waals surface area contributed by atoms with E-state index in [-0.39, 0.29) is 5.41 Å². The molecule has 31 heavy (non-hydrogen) atoms. The highest BCUT2D eigenvalue weighted by Crippen LogP contribution is 2.59. The van der Waals surface area contributed by atoms with Gasteiger partial charge in [-0.1, -0.05) is 121 Å². The fourth-order valence-electron chi connectivity index (χ4n) is 4.97. The molecule has 0 radical (unpaired) electrons. The van der Waals surface area contributed by atoms with Gasteiger partial charge in [-0.25, -0.2) is 0 Å². The van der Waals surface area contributed by atoms with Crippen molar-refractivity contribution in [2.45, 2.75) is 31.6 Å². The third kappa shape index (κ3) is 3.10. The number of hydrogen-bond acceptors (Lipinski definition) is 0. The Morgan fingerprint density at radius 3 is 1.84 bits per heavy atom. The van der Waals surface area contributed by atoms with Crippen molar-refractivity contribution in [1.82, 2.24) is 0 Å². The van der Waals surface area contributed by atoms with Gasteiger partial charge in [0.1, 0.15) is 0 Å². The summed E-state index contributed by atoms with van der Waals surface area (Å²) in [5, 5.41) is 0.759. The Labute approximate surface area is 198 Å². The molecule has 5 rings (SSSR count). The van der Waals surface area contributed by atoms with Crippen LogP contribution in [-0.4, -0.2) is 0 Å².